The van der Waals surface area contributed by atoms with E-state index >= 15 is 0 Å². The maximum atomic E-state index is 7.76. The molecule has 1 aromatic carbocycles. The first-order valence-corrected chi connectivity index (χ1v) is 4.90. The Morgan fingerprint density at radius 2 is 1.76 bits per heavy atom. The van der Waals surface area contributed by atoms with E-state index in [4.69, 9.17) is 25.4 Å². The molecule has 2 rings (SSSR count). The maximum Gasteiger partial charge on any atom is 0.204 e. The Labute approximate surface area is 98.5 Å². The molecule has 1 aliphatic rings. The summed E-state index contributed by atoms with van der Waals surface area (Å²) in [6.07, 6.45) is 0. The number of rotatable bonds is 3. The number of ether oxygens (including phenoxy) is 3. The van der Waals surface area contributed by atoms with Crippen molar-refractivity contribution in [1.29, 1.82) is 5.41 Å². The first kappa shape index (κ1) is 11.3. The molecule has 6 heteroatoms. The number of aliphatic imine (C=N–C) groups is 1. The van der Waals surface area contributed by atoms with Gasteiger partial charge in [0.2, 0.25) is 5.75 Å². The summed E-state index contributed by atoms with van der Waals surface area (Å²) in [5.74, 6) is 1.69. The molecule has 0 aliphatic carbocycles. The molecule has 0 spiro atoms. The van der Waals surface area contributed by atoms with Gasteiger partial charge in [0.05, 0.1) is 26.9 Å². The highest BCUT2D eigenvalue weighted by Crippen LogP contribution is 2.43. The van der Waals surface area contributed by atoms with Crippen molar-refractivity contribution in [3.05, 3.63) is 17.2 Å². The second-order valence-electron chi connectivity index (χ2n) is 3.41. The summed E-state index contributed by atoms with van der Waals surface area (Å²) in [5.41, 5.74) is 6.89. The molecule has 3 N–H and O–H groups in total. The number of fused-ring (bicyclic) bond motifs is 1. The number of amidine groups is 2. The number of hydrogen-bond donors (Lipinski definition) is 2. The minimum absolute atomic E-state index is 0.0651. The predicted molar refractivity (Wildman–Crippen MR) is 63.7 cm³/mol. The lowest BCUT2D eigenvalue weighted by atomic mass is 10.1. The summed E-state index contributed by atoms with van der Waals surface area (Å²) in [7, 11) is 4.53. The van der Waals surface area contributed by atoms with Gasteiger partial charge in [-0.3, -0.25) is 5.41 Å². The molecule has 0 aromatic heterocycles. The number of nitrogens with zero attached hydrogens (tertiary/aromatic N) is 1. The van der Waals surface area contributed by atoms with Crippen LogP contribution < -0.4 is 19.9 Å². The standard InChI is InChI=1S/C11H13N3O3/c1-15-6-4-5-7(11(13)14-10(5)12)9(17-3)8(6)16-2/h4H,1-3H3,(H3,12,13,14). The SMILES string of the molecule is COc1cc2c(c(OC)c1OC)C(=N)N=C2N. The van der Waals surface area contributed by atoms with Gasteiger partial charge in [-0.05, 0) is 6.07 Å². The molecule has 0 atom stereocenters. The zero-order valence-electron chi connectivity index (χ0n) is 9.83. The van der Waals surface area contributed by atoms with Gasteiger partial charge in [-0.25, -0.2) is 4.99 Å². The Morgan fingerprint density at radius 1 is 1.12 bits per heavy atom. The van der Waals surface area contributed by atoms with E-state index in [9.17, 15) is 0 Å². The number of hydrogen-bond acceptors (Lipinski definition) is 5. The van der Waals surface area contributed by atoms with E-state index in [0.29, 0.717) is 28.4 Å². The molecule has 1 aliphatic heterocycles. The Morgan fingerprint density at radius 3 is 2.29 bits per heavy atom. The summed E-state index contributed by atoms with van der Waals surface area (Å²) in [6.45, 7) is 0. The van der Waals surface area contributed by atoms with E-state index in [1.54, 1.807) is 6.07 Å². The third kappa shape index (κ3) is 1.49. The fourth-order valence-electron chi connectivity index (χ4n) is 1.83. The Kier molecular flexibility index (Phi) is 2.63. The third-order valence-electron chi connectivity index (χ3n) is 2.58. The lowest BCUT2D eigenvalue weighted by Gasteiger charge is -2.15. The molecule has 0 amide bonds. The van der Waals surface area contributed by atoms with Crippen molar-refractivity contribution >= 4 is 11.7 Å². The van der Waals surface area contributed by atoms with E-state index in [-0.39, 0.29) is 11.7 Å². The van der Waals surface area contributed by atoms with E-state index < -0.39 is 0 Å². The van der Waals surface area contributed by atoms with Gasteiger partial charge < -0.3 is 19.9 Å². The summed E-state index contributed by atoms with van der Waals surface area (Å²) < 4.78 is 15.7. The summed E-state index contributed by atoms with van der Waals surface area (Å²) >= 11 is 0. The molecule has 1 aromatic rings. The highest BCUT2D eigenvalue weighted by molar-refractivity contribution is 6.22. The lowest BCUT2D eigenvalue weighted by Crippen LogP contribution is -2.11. The van der Waals surface area contributed by atoms with Gasteiger partial charge in [-0.1, -0.05) is 0 Å². The van der Waals surface area contributed by atoms with Crippen molar-refractivity contribution in [1.82, 2.24) is 0 Å². The zero-order chi connectivity index (χ0) is 12.6. The number of benzene rings is 1. The van der Waals surface area contributed by atoms with Crippen LogP contribution in [0, 0.1) is 5.41 Å². The van der Waals surface area contributed by atoms with Crippen LogP contribution in [0.4, 0.5) is 0 Å². The van der Waals surface area contributed by atoms with Crippen LogP contribution in [0.5, 0.6) is 17.2 Å². The normalized spacial score (nSPS) is 13.1. The van der Waals surface area contributed by atoms with Crippen LogP contribution >= 0.6 is 0 Å². The Balaban J connectivity index is 2.77. The molecule has 17 heavy (non-hydrogen) atoms. The summed E-state index contributed by atoms with van der Waals surface area (Å²) in [5, 5.41) is 7.76. The Hall–Kier alpha value is -2.24. The smallest absolute Gasteiger partial charge is 0.204 e. The number of nitrogens with two attached hydrogens (primary N) is 1. The van der Waals surface area contributed by atoms with Crippen molar-refractivity contribution in [3.63, 3.8) is 0 Å². The van der Waals surface area contributed by atoms with Gasteiger partial charge in [0, 0.05) is 5.56 Å². The van der Waals surface area contributed by atoms with E-state index in [0.717, 1.165) is 0 Å². The fraction of sp³-hybridized carbons (Fsp3) is 0.273. The van der Waals surface area contributed by atoms with Gasteiger partial charge in [-0.2, -0.15) is 0 Å². The average molecular weight is 235 g/mol. The monoisotopic (exact) mass is 235 g/mol. The largest absolute Gasteiger partial charge is 0.493 e. The molecule has 0 saturated heterocycles. The van der Waals surface area contributed by atoms with Gasteiger partial charge in [-0.15, -0.1) is 0 Å². The highest BCUT2D eigenvalue weighted by atomic mass is 16.5. The van der Waals surface area contributed by atoms with Crippen LogP contribution in [0.15, 0.2) is 11.1 Å². The predicted octanol–water partition coefficient (Wildman–Crippen LogP) is 0.757. The minimum atomic E-state index is 0.0651. The van der Waals surface area contributed by atoms with Crippen LogP contribution in [-0.4, -0.2) is 33.0 Å². The number of nitrogens with one attached hydrogen (secondary N) is 1. The first-order valence-electron chi connectivity index (χ1n) is 4.90. The van der Waals surface area contributed by atoms with Gasteiger partial charge >= 0.3 is 0 Å². The van der Waals surface area contributed by atoms with Crippen LogP contribution in [0.25, 0.3) is 0 Å². The van der Waals surface area contributed by atoms with Gasteiger partial charge in [0.1, 0.15) is 5.84 Å². The van der Waals surface area contributed by atoms with E-state index in [1.807, 2.05) is 0 Å². The van der Waals surface area contributed by atoms with Crippen LogP contribution in [-0.2, 0) is 0 Å². The number of methoxy groups -OCH3 is 3. The van der Waals surface area contributed by atoms with Crippen LogP contribution in [0.2, 0.25) is 0 Å². The lowest BCUT2D eigenvalue weighted by molar-refractivity contribution is 0.324. The molecule has 90 valence electrons. The van der Waals surface area contributed by atoms with Crippen molar-refractivity contribution in [3.8, 4) is 17.2 Å². The molecule has 0 fully saturated rings. The molecular weight excluding hydrogens is 222 g/mol. The Bertz CT molecular complexity index is 523. The second kappa shape index (κ2) is 3.97. The fourth-order valence-corrected chi connectivity index (χ4v) is 1.83. The average Bonchev–Trinajstić information content (AvgIpc) is 2.62. The summed E-state index contributed by atoms with van der Waals surface area (Å²) in [6, 6.07) is 1.69. The molecule has 0 saturated carbocycles. The second-order valence-corrected chi connectivity index (χ2v) is 3.41. The zero-order valence-corrected chi connectivity index (χ0v) is 9.83. The maximum absolute atomic E-state index is 7.76. The van der Waals surface area contributed by atoms with E-state index in [2.05, 4.69) is 4.99 Å². The molecular formula is C11H13N3O3. The third-order valence-corrected chi connectivity index (χ3v) is 2.58. The highest BCUT2D eigenvalue weighted by Gasteiger charge is 2.28. The van der Waals surface area contributed by atoms with Gasteiger partial charge in [0.15, 0.2) is 17.3 Å². The molecule has 0 radical (unpaired) electrons. The van der Waals surface area contributed by atoms with Crippen molar-refractivity contribution in [2.24, 2.45) is 10.7 Å². The molecule has 0 bridgehead atoms. The molecule has 1 heterocycles. The molecule has 6 nitrogen and oxygen atoms in total. The van der Waals surface area contributed by atoms with Gasteiger partial charge in [0.25, 0.3) is 0 Å². The van der Waals surface area contributed by atoms with Crippen LogP contribution in [0.1, 0.15) is 11.1 Å². The van der Waals surface area contributed by atoms with Crippen molar-refractivity contribution < 1.29 is 14.2 Å². The van der Waals surface area contributed by atoms with Crippen molar-refractivity contribution in [2.45, 2.75) is 0 Å². The first-order chi connectivity index (χ1) is 8.13. The van der Waals surface area contributed by atoms with Crippen molar-refractivity contribution in [2.75, 3.05) is 21.3 Å². The molecule has 0 unspecified atom stereocenters. The summed E-state index contributed by atoms with van der Waals surface area (Å²) in [4.78, 5) is 3.90. The minimum Gasteiger partial charge on any atom is -0.493 e. The quantitative estimate of drug-likeness (QED) is 0.809. The van der Waals surface area contributed by atoms with Crippen LogP contribution in [0.3, 0.4) is 0 Å². The van der Waals surface area contributed by atoms with E-state index in [1.165, 1.54) is 21.3 Å². The topological polar surface area (TPSA) is 89.9 Å².